The Balaban J connectivity index is 2.24. The first-order chi connectivity index (χ1) is 8.65. The molecule has 1 fully saturated rings. The average molecular weight is 257 g/mol. The Kier molecular flexibility index (Phi) is 7.82. The zero-order chi connectivity index (χ0) is 13.4. The van der Waals surface area contributed by atoms with E-state index in [4.69, 9.17) is 4.74 Å². The number of ether oxygens (including phenoxy) is 1. The zero-order valence-electron chi connectivity index (χ0n) is 12.6. The van der Waals surface area contributed by atoms with Crippen LogP contribution in [0.5, 0.6) is 0 Å². The highest BCUT2D eigenvalue weighted by Gasteiger charge is 2.19. The molecule has 0 aromatic heterocycles. The minimum absolute atomic E-state index is 0.455. The molecule has 18 heavy (non-hydrogen) atoms. The molecule has 1 aliphatic heterocycles. The highest BCUT2D eigenvalue weighted by Crippen LogP contribution is 2.16. The zero-order valence-corrected chi connectivity index (χ0v) is 12.6. The number of methoxy groups -OCH3 is 1. The van der Waals surface area contributed by atoms with Gasteiger partial charge in [0.1, 0.15) is 0 Å². The van der Waals surface area contributed by atoms with E-state index in [9.17, 15) is 0 Å². The lowest BCUT2D eigenvalue weighted by Crippen LogP contribution is -2.44. The van der Waals surface area contributed by atoms with E-state index in [0.717, 1.165) is 25.6 Å². The van der Waals surface area contributed by atoms with E-state index >= 15 is 0 Å². The van der Waals surface area contributed by atoms with Crippen molar-refractivity contribution in [1.29, 1.82) is 0 Å². The van der Waals surface area contributed by atoms with Gasteiger partial charge < -0.3 is 19.9 Å². The first-order valence-corrected chi connectivity index (χ1v) is 7.25. The van der Waals surface area contributed by atoms with Crippen molar-refractivity contribution in [2.45, 2.75) is 25.8 Å². The number of rotatable bonds is 8. The normalized spacial score (nSPS) is 20.5. The molecule has 0 aromatic rings. The van der Waals surface area contributed by atoms with Crippen molar-refractivity contribution in [3.8, 4) is 0 Å². The van der Waals surface area contributed by atoms with Crippen LogP contribution in [0.15, 0.2) is 0 Å². The Morgan fingerprint density at radius 2 is 2.06 bits per heavy atom. The van der Waals surface area contributed by atoms with Gasteiger partial charge in [0.2, 0.25) is 0 Å². The third-order valence-electron chi connectivity index (χ3n) is 3.80. The molecule has 1 atom stereocenters. The van der Waals surface area contributed by atoms with Crippen molar-refractivity contribution in [3.05, 3.63) is 0 Å². The first-order valence-electron chi connectivity index (χ1n) is 7.25. The van der Waals surface area contributed by atoms with Gasteiger partial charge in [0.15, 0.2) is 0 Å². The van der Waals surface area contributed by atoms with Crippen molar-refractivity contribution in [1.82, 2.24) is 15.1 Å². The Hall–Kier alpha value is -0.160. The molecule has 4 nitrogen and oxygen atoms in total. The number of nitrogens with one attached hydrogen (secondary N) is 1. The van der Waals surface area contributed by atoms with Gasteiger partial charge in [-0.2, -0.15) is 0 Å². The number of likely N-dealkylation sites (N-methyl/N-ethyl adjacent to an activating group) is 2. The minimum atomic E-state index is 0.455. The van der Waals surface area contributed by atoms with E-state index in [0.29, 0.717) is 6.04 Å². The van der Waals surface area contributed by atoms with Gasteiger partial charge in [-0.25, -0.2) is 0 Å². The van der Waals surface area contributed by atoms with Gasteiger partial charge in [-0.3, -0.25) is 0 Å². The number of likely N-dealkylation sites (tertiary alicyclic amines) is 1. The molecule has 0 aliphatic carbocycles. The van der Waals surface area contributed by atoms with Crippen LogP contribution < -0.4 is 5.32 Å². The monoisotopic (exact) mass is 257 g/mol. The maximum atomic E-state index is 5.27. The van der Waals surface area contributed by atoms with Gasteiger partial charge in [-0.15, -0.1) is 0 Å². The van der Waals surface area contributed by atoms with Gasteiger partial charge >= 0.3 is 0 Å². The molecular weight excluding hydrogens is 226 g/mol. The molecule has 1 aliphatic rings. The standard InChI is InChI=1S/C14H31N3O/c1-5-15-14(12-18-4)11-17(3)10-13-6-8-16(2)9-7-13/h13-15H,5-12H2,1-4H3. The van der Waals surface area contributed by atoms with Crippen molar-refractivity contribution in [3.63, 3.8) is 0 Å². The molecule has 0 bridgehead atoms. The third-order valence-corrected chi connectivity index (χ3v) is 3.80. The second kappa shape index (κ2) is 8.86. The third kappa shape index (κ3) is 6.14. The fourth-order valence-electron chi connectivity index (χ4n) is 2.80. The van der Waals surface area contributed by atoms with Crippen LogP contribution in [-0.2, 0) is 4.74 Å². The lowest BCUT2D eigenvalue weighted by atomic mass is 9.96. The van der Waals surface area contributed by atoms with Gasteiger partial charge in [0.25, 0.3) is 0 Å². The predicted octanol–water partition coefficient (Wildman–Crippen LogP) is 0.885. The summed E-state index contributed by atoms with van der Waals surface area (Å²) in [5, 5.41) is 3.48. The van der Waals surface area contributed by atoms with Crippen LogP contribution in [-0.4, -0.2) is 76.4 Å². The molecule has 1 rings (SSSR count). The molecule has 1 unspecified atom stereocenters. The van der Waals surface area contributed by atoms with E-state index in [2.05, 4.69) is 36.1 Å². The predicted molar refractivity (Wildman–Crippen MR) is 77.1 cm³/mol. The smallest absolute Gasteiger partial charge is 0.0628 e. The van der Waals surface area contributed by atoms with Gasteiger partial charge in [-0.05, 0) is 52.5 Å². The molecule has 4 heteroatoms. The summed E-state index contributed by atoms with van der Waals surface area (Å²) in [5.41, 5.74) is 0. The van der Waals surface area contributed by atoms with Crippen LogP contribution in [0.2, 0.25) is 0 Å². The number of hydrogen-bond acceptors (Lipinski definition) is 4. The highest BCUT2D eigenvalue weighted by atomic mass is 16.5. The van der Waals surface area contributed by atoms with Crippen LogP contribution in [0, 0.1) is 5.92 Å². The largest absolute Gasteiger partial charge is 0.383 e. The van der Waals surface area contributed by atoms with Gasteiger partial charge in [0, 0.05) is 26.2 Å². The molecule has 0 aromatic carbocycles. The average Bonchev–Trinajstić information content (AvgIpc) is 2.33. The minimum Gasteiger partial charge on any atom is -0.383 e. The summed E-state index contributed by atoms with van der Waals surface area (Å²) >= 11 is 0. The number of nitrogens with zero attached hydrogens (tertiary/aromatic N) is 2. The van der Waals surface area contributed by atoms with E-state index in [-0.39, 0.29) is 0 Å². The van der Waals surface area contributed by atoms with Crippen LogP contribution in [0.1, 0.15) is 19.8 Å². The molecule has 108 valence electrons. The highest BCUT2D eigenvalue weighted by molar-refractivity contribution is 4.75. The second-order valence-electron chi connectivity index (χ2n) is 5.68. The maximum Gasteiger partial charge on any atom is 0.0628 e. The van der Waals surface area contributed by atoms with E-state index < -0.39 is 0 Å². The summed E-state index contributed by atoms with van der Waals surface area (Å²) in [6.45, 7) is 8.77. The van der Waals surface area contributed by atoms with Crippen LogP contribution in [0.25, 0.3) is 0 Å². The van der Waals surface area contributed by atoms with E-state index in [1.54, 1.807) is 7.11 Å². The maximum absolute atomic E-state index is 5.27. The van der Waals surface area contributed by atoms with Crippen LogP contribution in [0.3, 0.4) is 0 Å². The number of hydrogen-bond donors (Lipinski definition) is 1. The first kappa shape index (κ1) is 15.9. The fraction of sp³-hybridized carbons (Fsp3) is 1.00. The summed E-state index contributed by atoms with van der Waals surface area (Å²) in [5.74, 6) is 0.871. The SMILES string of the molecule is CCNC(COC)CN(C)CC1CCN(C)CC1. The summed E-state index contributed by atoms with van der Waals surface area (Å²) < 4.78 is 5.27. The molecule has 1 heterocycles. The van der Waals surface area contributed by atoms with Crippen LogP contribution >= 0.6 is 0 Å². The fourth-order valence-corrected chi connectivity index (χ4v) is 2.80. The molecule has 0 spiro atoms. The number of piperidine rings is 1. The van der Waals surface area contributed by atoms with E-state index in [1.807, 2.05) is 0 Å². The van der Waals surface area contributed by atoms with E-state index in [1.165, 1.54) is 32.5 Å². The van der Waals surface area contributed by atoms with Crippen molar-refractivity contribution < 1.29 is 4.74 Å². The summed E-state index contributed by atoms with van der Waals surface area (Å²) in [6.07, 6.45) is 2.69. The molecule has 0 amide bonds. The van der Waals surface area contributed by atoms with Crippen molar-refractivity contribution in [2.75, 3.05) is 60.5 Å². The summed E-state index contributed by atoms with van der Waals surface area (Å²) in [7, 11) is 6.24. The quantitative estimate of drug-likeness (QED) is 0.699. The van der Waals surface area contributed by atoms with Crippen molar-refractivity contribution >= 4 is 0 Å². The molecule has 0 radical (unpaired) electrons. The molecule has 1 N–H and O–H groups in total. The summed E-state index contributed by atoms with van der Waals surface area (Å²) in [4.78, 5) is 4.89. The lowest BCUT2D eigenvalue weighted by molar-refractivity contribution is 0.130. The second-order valence-corrected chi connectivity index (χ2v) is 5.68. The summed E-state index contributed by atoms with van der Waals surface area (Å²) in [6, 6.07) is 0.455. The Labute approximate surface area is 113 Å². The molecule has 1 saturated heterocycles. The topological polar surface area (TPSA) is 27.7 Å². The van der Waals surface area contributed by atoms with Gasteiger partial charge in [-0.1, -0.05) is 6.92 Å². The molecule has 0 saturated carbocycles. The Morgan fingerprint density at radius 3 is 2.61 bits per heavy atom. The Morgan fingerprint density at radius 1 is 1.39 bits per heavy atom. The van der Waals surface area contributed by atoms with Crippen molar-refractivity contribution in [2.24, 2.45) is 5.92 Å². The van der Waals surface area contributed by atoms with Crippen LogP contribution in [0.4, 0.5) is 0 Å². The Bertz CT molecular complexity index is 199. The molecular formula is C14H31N3O. The lowest BCUT2D eigenvalue weighted by Gasteiger charge is -2.33. The van der Waals surface area contributed by atoms with Gasteiger partial charge in [0.05, 0.1) is 6.61 Å².